The number of hydrogen-bond acceptors (Lipinski definition) is 5. The van der Waals surface area contributed by atoms with E-state index in [1.807, 2.05) is 0 Å². The molecule has 0 bridgehead atoms. The number of nitrogens with two attached hydrogens (primary N) is 1. The molecule has 1 atom stereocenters. The van der Waals surface area contributed by atoms with Crippen LogP contribution in [0, 0.1) is 0 Å². The molecule has 116 valence electrons. The summed E-state index contributed by atoms with van der Waals surface area (Å²) in [5.74, 6) is 3.60. The fraction of sp³-hybridized carbons (Fsp3) is 0.467. The van der Waals surface area contributed by atoms with Gasteiger partial charge in [0.05, 0.1) is 0 Å². The predicted octanol–water partition coefficient (Wildman–Crippen LogP) is 1.98. The molecule has 1 unspecified atom stereocenters. The molecule has 1 aromatic rings. The van der Waals surface area contributed by atoms with Crippen LogP contribution in [0.4, 0.5) is 0 Å². The smallest absolute Gasteiger partial charge is 0.345 e. The van der Waals surface area contributed by atoms with Crippen LogP contribution in [0.5, 0.6) is 0 Å². The number of carboxylic acid groups (broad SMARTS) is 1. The maximum absolute atomic E-state index is 12.5. The van der Waals surface area contributed by atoms with Crippen molar-refractivity contribution in [1.29, 1.82) is 0 Å². The van der Waals surface area contributed by atoms with E-state index < -0.39 is 23.1 Å². The van der Waals surface area contributed by atoms with Crippen molar-refractivity contribution in [2.45, 2.75) is 44.8 Å². The molecule has 3 N–H and O–H groups in total. The molecule has 0 radical (unpaired) electrons. The summed E-state index contributed by atoms with van der Waals surface area (Å²) in [6, 6.07) is 8.51. The molecule has 21 heavy (non-hydrogen) atoms. The maximum atomic E-state index is 12.5. The minimum Gasteiger partial charge on any atom is -0.481 e. The summed E-state index contributed by atoms with van der Waals surface area (Å²) in [5.41, 5.74) is -1.91. The molecular weight excluding hydrogens is 274 g/mol. The Morgan fingerprint density at radius 3 is 2.19 bits per heavy atom. The molecule has 0 fully saturated rings. The third kappa shape index (κ3) is 4.54. The van der Waals surface area contributed by atoms with Gasteiger partial charge in [-0.25, -0.2) is 10.7 Å². The topological polar surface area (TPSA) is 98.9 Å². The molecule has 0 heterocycles. The Morgan fingerprint density at radius 2 is 1.76 bits per heavy atom. The van der Waals surface area contributed by atoms with Crippen LogP contribution in [-0.4, -0.2) is 22.6 Å². The molecule has 0 spiro atoms. The minimum absolute atomic E-state index is 0.113. The SMILES string of the molecule is CC(C)(C)OC(=O)C(CCC(=O)O)(ON)c1ccccc1. The van der Waals surface area contributed by atoms with Crippen molar-refractivity contribution in [1.82, 2.24) is 0 Å². The second-order valence-corrected chi connectivity index (χ2v) is 5.71. The van der Waals surface area contributed by atoms with E-state index in [0.29, 0.717) is 5.56 Å². The van der Waals surface area contributed by atoms with Crippen molar-refractivity contribution in [3.05, 3.63) is 35.9 Å². The van der Waals surface area contributed by atoms with Gasteiger partial charge in [-0.2, -0.15) is 0 Å². The average molecular weight is 295 g/mol. The predicted molar refractivity (Wildman–Crippen MR) is 76.1 cm³/mol. The van der Waals surface area contributed by atoms with Gasteiger partial charge in [-0.05, 0) is 26.3 Å². The molecule has 1 aromatic carbocycles. The summed E-state index contributed by atoms with van der Waals surface area (Å²) in [6.45, 7) is 5.15. The van der Waals surface area contributed by atoms with Gasteiger partial charge in [-0.15, -0.1) is 0 Å². The van der Waals surface area contributed by atoms with Crippen molar-refractivity contribution < 1.29 is 24.3 Å². The van der Waals surface area contributed by atoms with Crippen LogP contribution in [0.15, 0.2) is 30.3 Å². The molecule has 0 amide bonds. The van der Waals surface area contributed by atoms with Gasteiger partial charge in [0.1, 0.15) is 5.60 Å². The number of carboxylic acids is 1. The Bertz CT molecular complexity index is 495. The third-order valence-corrected chi connectivity index (χ3v) is 2.86. The maximum Gasteiger partial charge on any atom is 0.345 e. The monoisotopic (exact) mass is 295 g/mol. The second kappa shape index (κ2) is 6.69. The van der Waals surface area contributed by atoms with Crippen molar-refractivity contribution in [3.63, 3.8) is 0 Å². The van der Waals surface area contributed by atoms with Crippen LogP contribution in [0.1, 0.15) is 39.2 Å². The first-order valence-electron chi connectivity index (χ1n) is 6.60. The highest BCUT2D eigenvalue weighted by molar-refractivity contribution is 5.82. The zero-order valence-electron chi connectivity index (χ0n) is 12.5. The number of esters is 1. The highest BCUT2D eigenvalue weighted by atomic mass is 16.7. The van der Waals surface area contributed by atoms with Crippen LogP contribution >= 0.6 is 0 Å². The van der Waals surface area contributed by atoms with E-state index in [0.717, 1.165) is 0 Å². The molecule has 0 aliphatic carbocycles. The van der Waals surface area contributed by atoms with Crippen LogP contribution in [0.25, 0.3) is 0 Å². The normalized spacial score (nSPS) is 14.3. The van der Waals surface area contributed by atoms with Gasteiger partial charge < -0.3 is 9.84 Å². The van der Waals surface area contributed by atoms with E-state index in [-0.39, 0.29) is 12.8 Å². The van der Waals surface area contributed by atoms with Gasteiger partial charge in [-0.1, -0.05) is 30.3 Å². The minimum atomic E-state index is -1.63. The van der Waals surface area contributed by atoms with Gasteiger partial charge in [0, 0.05) is 12.8 Å². The highest BCUT2D eigenvalue weighted by Gasteiger charge is 2.45. The van der Waals surface area contributed by atoms with Crippen molar-refractivity contribution in [3.8, 4) is 0 Å². The van der Waals surface area contributed by atoms with Crippen molar-refractivity contribution in [2.75, 3.05) is 0 Å². The molecule has 0 saturated carbocycles. The summed E-state index contributed by atoms with van der Waals surface area (Å²) in [4.78, 5) is 28.3. The van der Waals surface area contributed by atoms with E-state index in [4.69, 9.17) is 20.6 Å². The zero-order valence-corrected chi connectivity index (χ0v) is 12.5. The number of benzene rings is 1. The van der Waals surface area contributed by atoms with Gasteiger partial charge in [0.15, 0.2) is 0 Å². The molecule has 1 rings (SSSR count). The number of ether oxygens (including phenoxy) is 1. The molecule has 0 aliphatic rings. The van der Waals surface area contributed by atoms with Crippen LogP contribution in [0.3, 0.4) is 0 Å². The average Bonchev–Trinajstić information content (AvgIpc) is 2.39. The number of hydrogen-bond donors (Lipinski definition) is 2. The standard InChI is InChI=1S/C15H21NO5/c1-14(2,3)20-13(19)15(21-16,10-9-12(17)18)11-7-5-4-6-8-11/h4-8H,9-10,16H2,1-3H3,(H,17,18). The number of carbonyl (C=O) groups is 2. The number of carbonyl (C=O) groups excluding carboxylic acids is 1. The number of rotatable bonds is 6. The molecule has 0 saturated heterocycles. The second-order valence-electron chi connectivity index (χ2n) is 5.71. The van der Waals surface area contributed by atoms with Gasteiger partial charge in [0.25, 0.3) is 0 Å². The molecule has 6 nitrogen and oxygen atoms in total. The quantitative estimate of drug-likeness (QED) is 0.615. The van der Waals surface area contributed by atoms with Gasteiger partial charge in [0.2, 0.25) is 5.60 Å². The van der Waals surface area contributed by atoms with E-state index in [1.54, 1.807) is 51.1 Å². The van der Waals surface area contributed by atoms with Crippen LogP contribution < -0.4 is 5.90 Å². The van der Waals surface area contributed by atoms with Gasteiger partial charge >= 0.3 is 11.9 Å². The zero-order chi connectivity index (χ0) is 16.1. The van der Waals surface area contributed by atoms with Gasteiger partial charge in [-0.3, -0.25) is 9.63 Å². The van der Waals surface area contributed by atoms with E-state index >= 15 is 0 Å². The lowest BCUT2D eigenvalue weighted by molar-refractivity contribution is -0.188. The first-order chi connectivity index (χ1) is 9.71. The molecule has 0 aliphatic heterocycles. The fourth-order valence-electron chi connectivity index (χ4n) is 1.89. The lowest BCUT2D eigenvalue weighted by Crippen LogP contribution is -2.45. The molecule has 0 aromatic heterocycles. The first kappa shape index (κ1) is 17.1. The van der Waals surface area contributed by atoms with E-state index in [1.165, 1.54) is 0 Å². The highest BCUT2D eigenvalue weighted by Crippen LogP contribution is 2.32. The fourth-order valence-corrected chi connectivity index (χ4v) is 1.89. The van der Waals surface area contributed by atoms with Crippen LogP contribution in [0.2, 0.25) is 0 Å². The third-order valence-electron chi connectivity index (χ3n) is 2.86. The number of aliphatic carboxylic acids is 1. The first-order valence-corrected chi connectivity index (χ1v) is 6.60. The summed E-state index contributed by atoms with van der Waals surface area (Å²) >= 11 is 0. The lowest BCUT2D eigenvalue weighted by Gasteiger charge is -2.32. The Hall–Kier alpha value is -1.92. The molecular formula is C15H21NO5. The summed E-state index contributed by atoms with van der Waals surface area (Å²) in [6.07, 6.45) is -0.386. The Labute approximate surface area is 123 Å². The molecule has 6 heteroatoms. The van der Waals surface area contributed by atoms with E-state index in [9.17, 15) is 9.59 Å². The summed E-state index contributed by atoms with van der Waals surface area (Å²) in [5, 5.41) is 8.89. The van der Waals surface area contributed by atoms with E-state index in [2.05, 4.69) is 0 Å². The summed E-state index contributed by atoms with van der Waals surface area (Å²) in [7, 11) is 0. The Kier molecular flexibility index (Phi) is 5.46. The Morgan fingerprint density at radius 1 is 1.19 bits per heavy atom. The lowest BCUT2D eigenvalue weighted by atomic mass is 9.88. The summed E-state index contributed by atoms with van der Waals surface area (Å²) < 4.78 is 5.34. The largest absolute Gasteiger partial charge is 0.481 e. The van der Waals surface area contributed by atoms with Crippen LogP contribution in [-0.2, 0) is 24.8 Å². The van der Waals surface area contributed by atoms with Crippen molar-refractivity contribution in [2.24, 2.45) is 5.90 Å². The Balaban J connectivity index is 3.19. The van der Waals surface area contributed by atoms with Crippen molar-refractivity contribution >= 4 is 11.9 Å².